The van der Waals surface area contributed by atoms with Crippen LogP contribution in [0.4, 0.5) is 0 Å². The van der Waals surface area contributed by atoms with Crippen molar-refractivity contribution in [1.82, 2.24) is 15.5 Å². The summed E-state index contributed by atoms with van der Waals surface area (Å²) in [5, 5.41) is 6.18. The second-order valence-electron chi connectivity index (χ2n) is 6.99. The van der Waals surface area contributed by atoms with E-state index in [1.807, 2.05) is 0 Å². The molecular formula is C17H31N3O3. The molecule has 1 saturated carbocycles. The van der Waals surface area contributed by atoms with Gasteiger partial charge in [-0.15, -0.1) is 0 Å². The van der Waals surface area contributed by atoms with Gasteiger partial charge in [0.2, 0.25) is 11.8 Å². The third-order valence-corrected chi connectivity index (χ3v) is 5.05. The Labute approximate surface area is 139 Å². The molecule has 1 aliphatic carbocycles. The first-order valence-electron chi connectivity index (χ1n) is 8.88. The number of hydrogen-bond acceptors (Lipinski definition) is 4. The van der Waals surface area contributed by atoms with E-state index < -0.39 is 0 Å². The van der Waals surface area contributed by atoms with Gasteiger partial charge in [-0.1, -0.05) is 19.8 Å². The monoisotopic (exact) mass is 325 g/mol. The van der Waals surface area contributed by atoms with E-state index in [-0.39, 0.29) is 24.5 Å². The highest BCUT2D eigenvalue weighted by molar-refractivity contribution is 5.78. The van der Waals surface area contributed by atoms with Crippen molar-refractivity contribution in [2.24, 2.45) is 5.92 Å². The summed E-state index contributed by atoms with van der Waals surface area (Å²) in [6.07, 6.45) is 6.63. The van der Waals surface area contributed by atoms with Gasteiger partial charge >= 0.3 is 0 Å². The van der Waals surface area contributed by atoms with Crippen LogP contribution >= 0.6 is 0 Å². The maximum absolute atomic E-state index is 12.2. The second-order valence-corrected chi connectivity index (χ2v) is 6.99. The molecule has 0 bridgehead atoms. The van der Waals surface area contributed by atoms with Crippen molar-refractivity contribution in [3.63, 3.8) is 0 Å². The standard InChI is InChI=1S/C17H31N3O3/c1-13-5-3-4-6-15(13)19-16(21)11-20-9-7-14(8-10-20)18-17(22)12-23-2/h13-15H,3-12H2,1-2H3,(H,18,22)(H,19,21). The molecular weight excluding hydrogens is 294 g/mol. The molecule has 2 atom stereocenters. The number of likely N-dealkylation sites (tertiary alicyclic amines) is 1. The van der Waals surface area contributed by atoms with Crippen molar-refractivity contribution in [2.75, 3.05) is 33.4 Å². The van der Waals surface area contributed by atoms with E-state index in [0.29, 0.717) is 18.5 Å². The first-order chi connectivity index (χ1) is 11.1. The molecule has 0 aromatic rings. The number of carbonyl (C=O) groups is 2. The van der Waals surface area contributed by atoms with Crippen molar-refractivity contribution >= 4 is 11.8 Å². The first kappa shape index (κ1) is 18.2. The first-order valence-corrected chi connectivity index (χ1v) is 8.88. The number of rotatable bonds is 6. The van der Waals surface area contributed by atoms with E-state index in [9.17, 15) is 9.59 Å². The molecule has 0 spiro atoms. The Balaban J connectivity index is 1.65. The number of carbonyl (C=O) groups excluding carboxylic acids is 2. The molecule has 2 unspecified atom stereocenters. The fraction of sp³-hybridized carbons (Fsp3) is 0.882. The van der Waals surface area contributed by atoms with Crippen LogP contribution in [0.5, 0.6) is 0 Å². The number of methoxy groups -OCH3 is 1. The van der Waals surface area contributed by atoms with E-state index in [1.165, 1.54) is 26.4 Å². The summed E-state index contributed by atoms with van der Waals surface area (Å²) in [5.74, 6) is 0.676. The van der Waals surface area contributed by atoms with E-state index >= 15 is 0 Å². The van der Waals surface area contributed by atoms with Crippen LogP contribution in [0.25, 0.3) is 0 Å². The lowest BCUT2D eigenvalue weighted by molar-refractivity contribution is -0.126. The highest BCUT2D eigenvalue weighted by atomic mass is 16.5. The number of piperidine rings is 1. The highest BCUT2D eigenvalue weighted by Gasteiger charge is 2.25. The fourth-order valence-corrected chi connectivity index (χ4v) is 3.62. The van der Waals surface area contributed by atoms with E-state index in [4.69, 9.17) is 4.74 Å². The van der Waals surface area contributed by atoms with Gasteiger partial charge in [0.1, 0.15) is 6.61 Å². The molecule has 2 amide bonds. The van der Waals surface area contributed by atoms with Crippen LogP contribution in [-0.4, -0.2) is 62.1 Å². The van der Waals surface area contributed by atoms with Crippen LogP contribution in [0, 0.1) is 5.92 Å². The molecule has 6 heteroatoms. The summed E-state index contributed by atoms with van der Waals surface area (Å²) in [6.45, 7) is 4.53. The number of nitrogens with one attached hydrogen (secondary N) is 2. The maximum Gasteiger partial charge on any atom is 0.246 e. The largest absolute Gasteiger partial charge is 0.375 e. The Bertz CT molecular complexity index is 395. The van der Waals surface area contributed by atoms with Gasteiger partial charge in [-0.25, -0.2) is 0 Å². The Morgan fingerprint density at radius 3 is 2.39 bits per heavy atom. The van der Waals surface area contributed by atoms with Crippen molar-refractivity contribution in [3.8, 4) is 0 Å². The van der Waals surface area contributed by atoms with Crippen LogP contribution in [0.1, 0.15) is 45.4 Å². The van der Waals surface area contributed by atoms with Crippen molar-refractivity contribution < 1.29 is 14.3 Å². The van der Waals surface area contributed by atoms with Gasteiger partial charge < -0.3 is 15.4 Å². The lowest BCUT2D eigenvalue weighted by Gasteiger charge is -2.33. The molecule has 0 aromatic heterocycles. The third-order valence-electron chi connectivity index (χ3n) is 5.05. The predicted octanol–water partition coefficient (Wildman–Crippen LogP) is 0.908. The van der Waals surface area contributed by atoms with Crippen LogP contribution < -0.4 is 10.6 Å². The molecule has 2 N–H and O–H groups in total. The average Bonchev–Trinajstić information content (AvgIpc) is 2.52. The summed E-state index contributed by atoms with van der Waals surface area (Å²) in [6, 6.07) is 0.553. The molecule has 1 aliphatic heterocycles. The van der Waals surface area contributed by atoms with Gasteiger partial charge in [0.05, 0.1) is 6.54 Å². The van der Waals surface area contributed by atoms with Gasteiger partial charge in [0.25, 0.3) is 0 Å². The van der Waals surface area contributed by atoms with Gasteiger partial charge in [-0.2, -0.15) is 0 Å². The molecule has 132 valence electrons. The summed E-state index contributed by atoms with van der Waals surface area (Å²) >= 11 is 0. The van der Waals surface area contributed by atoms with E-state index in [1.54, 1.807) is 0 Å². The minimum absolute atomic E-state index is 0.0602. The van der Waals surface area contributed by atoms with Gasteiger partial charge in [-0.05, 0) is 31.6 Å². The van der Waals surface area contributed by atoms with Crippen molar-refractivity contribution in [1.29, 1.82) is 0 Å². The molecule has 0 radical (unpaired) electrons. The third kappa shape index (κ3) is 6.11. The Hall–Kier alpha value is -1.14. The second kappa shape index (κ2) is 9.23. The average molecular weight is 325 g/mol. The van der Waals surface area contributed by atoms with E-state index in [2.05, 4.69) is 22.5 Å². The molecule has 2 aliphatic rings. The van der Waals surface area contributed by atoms with Gasteiger partial charge in [0.15, 0.2) is 0 Å². The van der Waals surface area contributed by atoms with Crippen molar-refractivity contribution in [3.05, 3.63) is 0 Å². The highest BCUT2D eigenvalue weighted by Crippen LogP contribution is 2.23. The zero-order chi connectivity index (χ0) is 16.7. The fourth-order valence-electron chi connectivity index (χ4n) is 3.62. The summed E-state index contributed by atoms with van der Waals surface area (Å²) in [4.78, 5) is 25.9. The van der Waals surface area contributed by atoms with Crippen molar-refractivity contribution in [2.45, 2.75) is 57.5 Å². The van der Waals surface area contributed by atoms with Crippen LogP contribution in [0.2, 0.25) is 0 Å². The normalized spacial score (nSPS) is 26.7. The predicted molar refractivity (Wildman–Crippen MR) is 89.0 cm³/mol. The molecule has 0 aromatic carbocycles. The summed E-state index contributed by atoms with van der Waals surface area (Å²) in [5.41, 5.74) is 0. The van der Waals surface area contributed by atoms with E-state index in [0.717, 1.165) is 32.4 Å². The molecule has 2 fully saturated rings. The van der Waals surface area contributed by atoms with Crippen LogP contribution in [0.3, 0.4) is 0 Å². The number of nitrogens with zero attached hydrogens (tertiary/aromatic N) is 1. The zero-order valence-corrected chi connectivity index (χ0v) is 14.5. The topological polar surface area (TPSA) is 70.7 Å². The zero-order valence-electron chi connectivity index (χ0n) is 14.5. The van der Waals surface area contributed by atoms with Crippen LogP contribution in [0.15, 0.2) is 0 Å². The van der Waals surface area contributed by atoms with Gasteiger partial charge in [-0.3, -0.25) is 14.5 Å². The maximum atomic E-state index is 12.2. The molecule has 1 heterocycles. The minimum atomic E-state index is -0.0602. The Kier molecular flexibility index (Phi) is 7.30. The quantitative estimate of drug-likeness (QED) is 0.761. The molecule has 6 nitrogen and oxygen atoms in total. The molecule has 1 saturated heterocycles. The lowest BCUT2D eigenvalue weighted by atomic mass is 9.86. The molecule has 2 rings (SSSR count). The number of ether oxygens (including phenoxy) is 1. The van der Waals surface area contributed by atoms with Crippen LogP contribution in [-0.2, 0) is 14.3 Å². The summed E-state index contributed by atoms with van der Waals surface area (Å²) in [7, 11) is 1.52. The van der Waals surface area contributed by atoms with Gasteiger partial charge in [0, 0.05) is 32.3 Å². The Morgan fingerprint density at radius 2 is 1.74 bits per heavy atom. The smallest absolute Gasteiger partial charge is 0.246 e. The number of amides is 2. The summed E-state index contributed by atoms with van der Waals surface area (Å²) < 4.78 is 4.82. The number of hydrogen-bond donors (Lipinski definition) is 2. The SMILES string of the molecule is COCC(=O)NC1CCN(CC(=O)NC2CCCCC2C)CC1. The lowest BCUT2D eigenvalue weighted by Crippen LogP contribution is -2.50. The minimum Gasteiger partial charge on any atom is -0.375 e. The molecule has 23 heavy (non-hydrogen) atoms. The Morgan fingerprint density at radius 1 is 1.04 bits per heavy atom.